The molecule has 0 saturated heterocycles. The van der Waals surface area contributed by atoms with E-state index in [0.29, 0.717) is 12.4 Å². The van der Waals surface area contributed by atoms with Crippen molar-refractivity contribution in [2.24, 2.45) is 0 Å². The van der Waals surface area contributed by atoms with Crippen LogP contribution in [-0.4, -0.2) is 41.2 Å². The van der Waals surface area contributed by atoms with Gasteiger partial charge in [0.2, 0.25) is 0 Å². The van der Waals surface area contributed by atoms with Crippen LogP contribution in [0.25, 0.3) is 0 Å². The van der Waals surface area contributed by atoms with Crippen molar-refractivity contribution in [3.63, 3.8) is 0 Å². The molecule has 4 nitrogen and oxygen atoms in total. The summed E-state index contributed by atoms with van der Waals surface area (Å²) < 4.78 is 4.85. The molecule has 2 N–H and O–H groups in total. The van der Waals surface area contributed by atoms with Gasteiger partial charge in [-0.15, -0.1) is 0 Å². The van der Waals surface area contributed by atoms with Crippen molar-refractivity contribution >= 4 is 17.5 Å². The van der Waals surface area contributed by atoms with Gasteiger partial charge in [-0.25, -0.2) is 0 Å². The number of thioether (sulfide) groups is 1. The van der Waals surface area contributed by atoms with Crippen molar-refractivity contribution in [3.05, 3.63) is 23.8 Å². The number of benzene rings is 1. The summed E-state index contributed by atoms with van der Waals surface area (Å²) in [6.45, 7) is 0.597. The number of carbonyl (C=O) groups excluding carboxylic acids is 1. The molecule has 0 bridgehead atoms. The van der Waals surface area contributed by atoms with Crippen LogP contribution in [0.15, 0.2) is 18.2 Å². The van der Waals surface area contributed by atoms with Crippen molar-refractivity contribution in [1.82, 2.24) is 0 Å². The van der Waals surface area contributed by atoms with Gasteiger partial charge in [0, 0.05) is 18.9 Å². The first-order chi connectivity index (χ1) is 7.65. The topological polar surface area (TPSA) is 66.8 Å². The maximum Gasteiger partial charge on any atom is 0.176 e. The summed E-state index contributed by atoms with van der Waals surface area (Å²) >= 11 is 1.45. The van der Waals surface area contributed by atoms with Gasteiger partial charge in [-0.3, -0.25) is 4.79 Å². The lowest BCUT2D eigenvalue weighted by Gasteiger charge is -2.04. The first-order valence-electron chi connectivity index (χ1n) is 4.77. The van der Waals surface area contributed by atoms with Gasteiger partial charge in [-0.2, -0.15) is 11.8 Å². The second kappa shape index (κ2) is 6.40. The number of rotatable bonds is 6. The van der Waals surface area contributed by atoms with Gasteiger partial charge in [-0.05, 0) is 12.1 Å². The zero-order chi connectivity index (χ0) is 12.0. The SMILES string of the molecule is COCCSCC(=O)c1ccc(O)cc1O. The van der Waals surface area contributed by atoms with Crippen LogP contribution in [0, 0.1) is 0 Å². The first kappa shape index (κ1) is 12.9. The molecule has 1 rings (SSSR count). The minimum atomic E-state index is -0.183. The molecule has 0 radical (unpaired) electrons. The number of ether oxygens (including phenoxy) is 1. The molecule has 16 heavy (non-hydrogen) atoms. The summed E-state index contributed by atoms with van der Waals surface area (Å²) in [5.74, 6) is 0.639. The number of methoxy groups -OCH3 is 1. The second-order valence-electron chi connectivity index (χ2n) is 3.17. The normalized spacial score (nSPS) is 10.3. The van der Waals surface area contributed by atoms with E-state index in [9.17, 15) is 9.90 Å². The number of phenolic OH excluding ortho intramolecular Hbond substituents is 2. The third-order valence-corrected chi connectivity index (χ3v) is 2.87. The first-order valence-corrected chi connectivity index (χ1v) is 5.92. The number of carbonyl (C=O) groups is 1. The largest absolute Gasteiger partial charge is 0.508 e. The van der Waals surface area contributed by atoms with E-state index in [-0.39, 0.29) is 22.8 Å². The molecule has 0 saturated carbocycles. The van der Waals surface area contributed by atoms with E-state index in [2.05, 4.69) is 0 Å². The minimum absolute atomic E-state index is 0.0545. The molecule has 88 valence electrons. The van der Waals surface area contributed by atoms with E-state index in [0.717, 1.165) is 11.8 Å². The Hall–Kier alpha value is -1.20. The zero-order valence-corrected chi connectivity index (χ0v) is 9.79. The summed E-state index contributed by atoms with van der Waals surface area (Å²) in [6.07, 6.45) is 0. The highest BCUT2D eigenvalue weighted by molar-refractivity contribution is 8.00. The van der Waals surface area contributed by atoms with Crippen molar-refractivity contribution in [2.75, 3.05) is 25.2 Å². The van der Waals surface area contributed by atoms with Crippen molar-refractivity contribution in [2.45, 2.75) is 0 Å². The van der Waals surface area contributed by atoms with Crippen molar-refractivity contribution in [3.8, 4) is 11.5 Å². The van der Waals surface area contributed by atoms with E-state index in [1.54, 1.807) is 7.11 Å². The number of hydrogen-bond acceptors (Lipinski definition) is 5. The van der Waals surface area contributed by atoms with Crippen molar-refractivity contribution < 1.29 is 19.7 Å². The number of hydrogen-bond donors (Lipinski definition) is 2. The van der Waals surface area contributed by atoms with E-state index >= 15 is 0 Å². The number of phenols is 2. The van der Waals surface area contributed by atoms with E-state index in [4.69, 9.17) is 9.84 Å². The average molecular weight is 242 g/mol. The number of Topliss-reactive ketones (excluding diaryl/α,β-unsaturated/α-hetero) is 1. The van der Waals surface area contributed by atoms with E-state index < -0.39 is 0 Å². The molecule has 0 aliphatic heterocycles. The van der Waals surface area contributed by atoms with Crippen molar-refractivity contribution in [1.29, 1.82) is 0 Å². The smallest absolute Gasteiger partial charge is 0.176 e. The summed E-state index contributed by atoms with van der Waals surface area (Å²) in [6, 6.07) is 3.96. The second-order valence-corrected chi connectivity index (χ2v) is 4.28. The molecule has 0 aromatic heterocycles. The quantitative estimate of drug-likeness (QED) is 0.586. The summed E-state index contributed by atoms with van der Waals surface area (Å²) in [4.78, 5) is 11.6. The Labute approximate surface area is 98.2 Å². The zero-order valence-electron chi connectivity index (χ0n) is 8.97. The highest BCUT2D eigenvalue weighted by atomic mass is 32.2. The van der Waals surface area contributed by atoms with Gasteiger partial charge in [-0.1, -0.05) is 0 Å². The van der Waals surface area contributed by atoms with Crippen LogP contribution in [0.5, 0.6) is 11.5 Å². The van der Waals surface area contributed by atoms with Crippen LogP contribution in [0.1, 0.15) is 10.4 Å². The molecular weight excluding hydrogens is 228 g/mol. The predicted octanol–water partition coefficient (Wildman–Crippen LogP) is 1.66. The average Bonchev–Trinajstić information content (AvgIpc) is 2.24. The molecule has 0 atom stereocenters. The molecule has 1 aromatic carbocycles. The van der Waals surface area contributed by atoms with Gasteiger partial charge in [0.1, 0.15) is 11.5 Å². The lowest BCUT2D eigenvalue weighted by Crippen LogP contribution is -2.04. The Kier molecular flexibility index (Phi) is 5.14. The third kappa shape index (κ3) is 3.75. The molecular formula is C11H14O4S. The standard InChI is InChI=1S/C11H14O4S/c1-15-4-5-16-7-11(14)9-3-2-8(12)6-10(9)13/h2-3,6,12-13H,4-5,7H2,1H3. The number of ketones is 1. The predicted molar refractivity (Wildman–Crippen MR) is 63.3 cm³/mol. The number of aromatic hydroxyl groups is 2. The van der Waals surface area contributed by atoms with Gasteiger partial charge < -0.3 is 14.9 Å². The van der Waals surface area contributed by atoms with Crippen LogP contribution in [-0.2, 0) is 4.74 Å². The van der Waals surface area contributed by atoms with Gasteiger partial charge in [0.05, 0.1) is 17.9 Å². The molecule has 0 amide bonds. The summed E-state index contributed by atoms with van der Waals surface area (Å²) in [5.41, 5.74) is 0.239. The van der Waals surface area contributed by atoms with Crippen LogP contribution < -0.4 is 0 Å². The highest BCUT2D eigenvalue weighted by Crippen LogP contribution is 2.23. The highest BCUT2D eigenvalue weighted by Gasteiger charge is 2.11. The third-order valence-electron chi connectivity index (χ3n) is 1.95. The van der Waals surface area contributed by atoms with Crippen LogP contribution in [0.3, 0.4) is 0 Å². The molecule has 0 heterocycles. The van der Waals surface area contributed by atoms with Crippen LogP contribution in [0.2, 0.25) is 0 Å². The maximum absolute atomic E-state index is 11.6. The molecule has 5 heteroatoms. The Morgan fingerprint density at radius 1 is 1.44 bits per heavy atom. The van der Waals surface area contributed by atoms with Gasteiger partial charge in [0.25, 0.3) is 0 Å². The monoisotopic (exact) mass is 242 g/mol. The van der Waals surface area contributed by atoms with Crippen LogP contribution in [0.4, 0.5) is 0 Å². The molecule has 0 aliphatic rings. The Bertz CT molecular complexity index is 365. The van der Waals surface area contributed by atoms with Gasteiger partial charge >= 0.3 is 0 Å². The Morgan fingerprint density at radius 2 is 2.19 bits per heavy atom. The molecule has 0 spiro atoms. The lowest BCUT2D eigenvalue weighted by molar-refractivity contribution is 0.102. The fourth-order valence-electron chi connectivity index (χ4n) is 1.14. The molecule has 0 aliphatic carbocycles. The Morgan fingerprint density at radius 3 is 2.81 bits per heavy atom. The van der Waals surface area contributed by atoms with E-state index in [1.807, 2.05) is 0 Å². The lowest BCUT2D eigenvalue weighted by atomic mass is 10.1. The maximum atomic E-state index is 11.6. The Balaban J connectivity index is 2.53. The molecule has 1 aromatic rings. The molecule has 0 unspecified atom stereocenters. The summed E-state index contributed by atoms with van der Waals surface area (Å²) in [5, 5.41) is 18.5. The van der Waals surface area contributed by atoms with E-state index in [1.165, 1.54) is 23.9 Å². The fraction of sp³-hybridized carbons (Fsp3) is 0.364. The fourth-order valence-corrected chi connectivity index (χ4v) is 1.91. The minimum Gasteiger partial charge on any atom is -0.508 e. The van der Waals surface area contributed by atoms with Crippen LogP contribution >= 0.6 is 11.8 Å². The molecule has 0 fully saturated rings. The van der Waals surface area contributed by atoms with Gasteiger partial charge in [0.15, 0.2) is 5.78 Å². The summed E-state index contributed by atoms with van der Waals surface area (Å²) in [7, 11) is 1.61.